The number of aliphatic hydroxyl groups is 5. The summed E-state index contributed by atoms with van der Waals surface area (Å²) in [5.41, 5.74) is 0. The Morgan fingerprint density at radius 2 is 0.758 bits per heavy atom. The van der Waals surface area contributed by atoms with Crippen molar-refractivity contribution < 1.29 is 49.3 Å². The highest BCUT2D eigenvalue weighted by Crippen LogP contribution is 2.27. The molecule has 0 aromatic heterocycles. The average Bonchev–Trinajstić information content (AvgIpc) is 1.01. The lowest BCUT2D eigenvalue weighted by molar-refractivity contribution is -0.305. The molecule has 0 radical (unpaired) electrons. The molecule has 1 amide bonds. The highest BCUT2D eigenvalue weighted by atomic mass is 16.7. The second-order valence-corrected chi connectivity index (χ2v) is 27.4. The van der Waals surface area contributed by atoms with Crippen LogP contribution in [0.2, 0.25) is 0 Å². The first-order valence-electron chi connectivity index (χ1n) is 39.4. The number of nitrogens with one attached hydrogen (secondary N) is 1. The fourth-order valence-electron chi connectivity index (χ4n) is 12.5. The molecule has 0 aromatic rings. The van der Waals surface area contributed by atoms with E-state index in [9.17, 15) is 35.1 Å². The number of amides is 1. The number of unbranched alkanes of at least 4 members (excludes halogenated alkanes) is 49. The third-order valence-corrected chi connectivity index (χ3v) is 18.7. The number of carbonyl (C=O) groups excluding carboxylic acids is 2. The van der Waals surface area contributed by atoms with Crippen LogP contribution in [-0.4, -0.2) is 99.6 Å². The quantitative estimate of drug-likeness (QED) is 0.0195. The molecule has 8 atom stereocenters. The Bertz CT molecular complexity index is 1670. The van der Waals surface area contributed by atoms with Gasteiger partial charge in [-0.2, -0.15) is 0 Å². The van der Waals surface area contributed by atoms with E-state index in [1.807, 2.05) is 6.08 Å². The lowest BCUT2D eigenvalue weighted by atomic mass is 9.99. The minimum Gasteiger partial charge on any atom is -0.454 e. The van der Waals surface area contributed by atoms with E-state index in [1.54, 1.807) is 6.08 Å². The van der Waals surface area contributed by atoms with Gasteiger partial charge in [0.1, 0.15) is 24.4 Å². The number of carbonyl (C=O) groups is 2. The minimum absolute atomic E-state index is 0.125. The summed E-state index contributed by atoms with van der Waals surface area (Å²) in [7, 11) is 0. The fraction of sp³-hybridized carbons (Fsp3) is 0.875. The van der Waals surface area contributed by atoms with Crippen molar-refractivity contribution in [3.8, 4) is 0 Å². The monoisotopic (exact) mass is 1280 g/mol. The van der Waals surface area contributed by atoms with Crippen LogP contribution in [-0.2, 0) is 23.8 Å². The van der Waals surface area contributed by atoms with Gasteiger partial charge in [-0.1, -0.05) is 345 Å². The maximum atomic E-state index is 13.5. The zero-order valence-corrected chi connectivity index (χ0v) is 59.7. The number of hydrogen-bond acceptors (Lipinski definition) is 10. The number of rotatable bonds is 69. The molecule has 11 heteroatoms. The van der Waals surface area contributed by atoms with E-state index >= 15 is 0 Å². The Kier molecular flexibility index (Phi) is 64.3. The molecule has 0 bridgehead atoms. The maximum Gasteiger partial charge on any atom is 0.306 e. The van der Waals surface area contributed by atoms with Crippen molar-refractivity contribution in [2.75, 3.05) is 13.2 Å². The summed E-state index contributed by atoms with van der Waals surface area (Å²) >= 11 is 0. The SMILES string of the molecule is CCCCC/C=C\C/C=C\CCCCCCCCCCCCCCCC(=O)OC1C(OCC(NC(=O)C(O)CCCCCCCCCCCCCCCCCC/C=C/CCCCCCCC)C(O)/C=C/CCCCCCCCCCCCC)OC(CO)C(O)C1O. The van der Waals surface area contributed by atoms with Gasteiger partial charge in [-0.3, -0.25) is 9.59 Å². The molecule has 0 spiro atoms. The predicted molar refractivity (Wildman–Crippen MR) is 384 cm³/mol. The molecular formula is C80H149NO10. The number of allylic oxidation sites excluding steroid dienone is 7. The smallest absolute Gasteiger partial charge is 0.306 e. The Hall–Kier alpha value is -2.38. The van der Waals surface area contributed by atoms with Gasteiger partial charge in [0.2, 0.25) is 5.91 Å². The van der Waals surface area contributed by atoms with Crippen molar-refractivity contribution in [3.63, 3.8) is 0 Å². The first-order valence-corrected chi connectivity index (χ1v) is 39.4. The minimum atomic E-state index is -1.61. The molecule has 0 saturated carbocycles. The second kappa shape index (κ2) is 67.6. The van der Waals surface area contributed by atoms with Crippen molar-refractivity contribution in [3.05, 3.63) is 48.6 Å². The Labute approximate surface area is 561 Å². The zero-order valence-electron chi connectivity index (χ0n) is 59.7. The van der Waals surface area contributed by atoms with Gasteiger partial charge in [0.15, 0.2) is 12.4 Å². The van der Waals surface area contributed by atoms with Crippen LogP contribution in [0, 0.1) is 0 Å². The van der Waals surface area contributed by atoms with E-state index in [1.165, 1.54) is 276 Å². The van der Waals surface area contributed by atoms with Crippen molar-refractivity contribution in [2.24, 2.45) is 0 Å². The van der Waals surface area contributed by atoms with Gasteiger partial charge >= 0.3 is 5.97 Å². The Morgan fingerprint density at radius 1 is 0.429 bits per heavy atom. The number of esters is 1. The van der Waals surface area contributed by atoms with E-state index in [2.05, 4.69) is 62.5 Å². The largest absolute Gasteiger partial charge is 0.454 e. The molecule has 1 rings (SSSR count). The fourth-order valence-corrected chi connectivity index (χ4v) is 12.5. The van der Waals surface area contributed by atoms with Gasteiger partial charge in [-0.25, -0.2) is 0 Å². The van der Waals surface area contributed by atoms with Crippen LogP contribution in [0.15, 0.2) is 48.6 Å². The van der Waals surface area contributed by atoms with Crippen molar-refractivity contribution in [1.82, 2.24) is 5.32 Å². The van der Waals surface area contributed by atoms with Crippen LogP contribution in [0.3, 0.4) is 0 Å². The van der Waals surface area contributed by atoms with E-state index in [0.29, 0.717) is 19.3 Å². The number of aliphatic hydroxyl groups excluding tert-OH is 5. The summed E-state index contributed by atoms with van der Waals surface area (Å²) in [6, 6.07) is -1.02. The van der Waals surface area contributed by atoms with E-state index in [4.69, 9.17) is 14.2 Å². The van der Waals surface area contributed by atoms with Gasteiger partial charge in [-0.05, 0) is 83.5 Å². The summed E-state index contributed by atoms with van der Waals surface area (Å²) in [4.78, 5) is 26.8. The molecule has 0 aromatic carbocycles. The molecule has 1 saturated heterocycles. The molecule has 0 aliphatic carbocycles. The normalized spacial score (nSPS) is 18.2. The topological polar surface area (TPSA) is 175 Å². The van der Waals surface area contributed by atoms with Crippen LogP contribution in [0.25, 0.3) is 0 Å². The lowest BCUT2D eigenvalue weighted by Crippen LogP contribution is -2.61. The first kappa shape index (κ1) is 86.6. The summed E-state index contributed by atoms with van der Waals surface area (Å²) in [5.74, 6) is -1.18. The molecule has 534 valence electrons. The molecule has 1 aliphatic rings. The Balaban J connectivity index is 2.51. The standard InChI is InChI=1S/C80H149NO10/c1-4-7-10-13-16-19-22-25-27-29-31-33-35-36-37-39-40-42-44-46-49-52-55-58-61-64-67-73(84)79(88)81-71(72(83)66-63-60-57-54-51-48-24-21-18-15-12-9-6-3)70-89-80-78(77(87)76(86)74(69-82)90-80)91-75(85)68-65-62-59-56-53-50-47-45-43-41-38-34-32-30-28-26-23-20-17-14-11-8-5-2/h17,20,25-28,63,66,71-74,76-78,80,82-84,86-87H,4-16,18-19,21-24,29-62,64-65,67-70H2,1-3H3,(H,81,88)/b20-17-,27-25+,28-26-,66-63+. The molecule has 1 heterocycles. The molecule has 91 heavy (non-hydrogen) atoms. The highest BCUT2D eigenvalue weighted by Gasteiger charge is 2.47. The first-order chi connectivity index (χ1) is 44.7. The van der Waals surface area contributed by atoms with Gasteiger partial charge in [0.05, 0.1) is 25.4 Å². The summed E-state index contributed by atoms with van der Waals surface area (Å²) < 4.78 is 17.8. The van der Waals surface area contributed by atoms with E-state index in [0.717, 1.165) is 64.2 Å². The molecule has 6 N–H and O–H groups in total. The van der Waals surface area contributed by atoms with Gasteiger partial charge in [-0.15, -0.1) is 0 Å². The predicted octanol–water partition coefficient (Wildman–Crippen LogP) is 21.1. The van der Waals surface area contributed by atoms with Crippen LogP contribution in [0.4, 0.5) is 0 Å². The molecule has 8 unspecified atom stereocenters. The Morgan fingerprint density at radius 3 is 1.15 bits per heavy atom. The average molecular weight is 1290 g/mol. The third-order valence-electron chi connectivity index (χ3n) is 18.7. The van der Waals surface area contributed by atoms with Crippen LogP contribution < -0.4 is 5.32 Å². The van der Waals surface area contributed by atoms with Crippen molar-refractivity contribution in [1.29, 1.82) is 0 Å². The number of hydrogen-bond donors (Lipinski definition) is 6. The van der Waals surface area contributed by atoms with Gasteiger partial charge < -0.3 is 45.1 Å². The van der Waals surface area contributed by atoms with Crippen LogP contribution >= 0.6 is 0 Å². The molecule has 1 fully saturated rings. The van der Waals surface area contributed by atoms with E-state index < -0.39 is 67.4 Å². The zero-order chi connectivity index (χ0) is 66.0. The third kappa shape index (κ3) is 54.4. The summed E-state index contributed by atoms with van der Waals surface area (Å²) in [6.07, 6.45) is 75.9. The maximum absolute atomic E-state index is 13.5. The molecule has 1 aliphatic heterocycles. The van der Waals surface area contributed by atoms with Gasteiger partial charge in [0, 0.05) is 6.42 Å². The molecular weight excluding hydrogens is 1130 g/mol. The summed E-state index contributed by atoms with van der Waals surface area (Å²) in [6.45, 7) is 5.83. The van der Waals surface area contributed by atoms with Gasteiger partial charge in [0.25, 0.3) is 0 Å². The highest BCUT2D eigenvalue weighted by molar-refractivity contribution is 5.80. The second-order valence-electron chi connectivity index (χ2n) is 27.4. The van der Waals surface area contributed by atoms with Crippen LogP contribution in [0.5, 0.6) is 0 Å². The summed E-state index contributed by atoms with van der Waals surface area (Å²) in [5, 5.41) is 57.4. The van der Waals surface area contributed by atoms with E-state index in [-0.39, 0.29) is 13.0 Å². The number of ether oxygens (including phenoxy) is 3. The molecule has 11 nitrogen and oxygen atoms in total. The van der Waals surface area contributed by atoms with Crippen molar-refractivity contribution in [2.45, 2.75) is 436 Å². The lowest BCUT2D eigenvalue weighted by Gasteiger charge is -2.41. The van der Waals surface area contributed by atoms with Crippen molar-refractivity contribution >= 4 is 11.9 Å². The van der Waals surface area contributed by atoms with Crippen LogP contribution in [0.1, 0.15) is 387 Å².